The number of rotatable bonds is 4. The molecular weight excluding hydrogens is 392 g/mol. The third-order valence-electron chi connectivity index (χ3n) is 5.37. The van der Waals surface area contributed by atoms with Gasteiger partial charge in [-0.25, -0.2) is 4.79 Å². The fourth-order valence-corrected chi connectivity index (χ4v) is 3.74. The maximum atomic E-state index is 12.6. The number of benzene rings is 1. The van der Waals surface area contributed by atoms with Crippen LogP contribution in [0.3, 0.4) is 0 Å². The summed E-state index contributed by atoms with van der Waals surface area (Å²) in [5.41, 5.74) is 2.19. The van der Waals surface area contributed by atoms with E-state index in [1.807, 2.05) is 6.92 Å². The third-order valence-corrected chi connectivity index (χ3v) is 5.37. The van der Waals surface area contributed by atoms with E-state index in [1.165, 1.54) is 0 Å². The van der Waals surface area contributed by atoms with Crippen LogP contribution in [0.4, 0.5) is 5.69 Å². The molecule has 0 aliphatic carbocycles. The first-order valence-electron chi connectivity index (χ1n) is 9.45. The fraction of sp³-hybridized carbons (Fsp3) is 0.333. The normalized spacial score (nSPS) is 26.6. The van der Waals surface area contributed by atoms with E-state index in [9.17, 15) is 25.2 Å². The summed E-state index contributed by atoms with van der Waals surface area (Å²) < 4.78 is 10.7. The molecular formula is C21H22N2O7. The monoisotopic (exact) mass is 414 g/mol. The fourth-order valence-electron chi connectivity index (χ4n) is 3.74. The summed E-state index contributed by atoms with van der Waals surface area (Å²) in [7, 11) is 0. The lowest BCUT2D eigenvalue weighted by Crippen LogP contribution is -2.61. The maximum Gasteiger partial charge on any atom is 0.344 e. The van der Waals surface area contributed by atoms with Crippen molar-refractivity contribution < 1.29 is 29.6 Å². The van der Waals surface area contributed by atoms with Crippen molar-refractivity contribution in [3.05, 3.63) is 58.7 Å². The van der Waals surface area contributed by atoms with E-state index in [-0.39, 0.29) is 0 Å². The first-order valence-corrected chi connectivity index (χ1v) is 9.45. The van der Waals surface area contributed by atoms with Gasteiger partial charge in [-0.3, -0.25) is 4.98 Å². The highest BCUT2D eigenvalue weighted by Crippen LogP contribution is 2.29. The van der Waals surface area contributed by atoms with Gasteiger partial charge in [0.1, 0.15) is 29.9 Å². The molecule has 1 aromatic carbocycles. The Labute approximate surface area is 171 Å². The summed E-state index contributed by atoms with van der Waals surface area (Å²) in [6.45, 7) is 1.29. The minimum atomic E-state index is -1.46. The van der Waals surface area contributed by atoms with E-state index in [1.54, 1.807) is 42.7 Å². The van der Waals surface area contributed by atoms with E-state index < -0.39 is 42.9 Å². The van der Waals surface area contributed by atoms with E-state index in [0.717, 1.165) is 10.9 Å². The highest BCUT2D eigenvalue weighted by atomic mass is 16.6. The number of ether oxygens (including phenoxy) is 1. The van der Waals surface area contributed by atoms with Crippen LogP contribution in [-0.4, -0.2) is 62.7 Å². The molecule has 9 nitrogen and oxygen atoms in total. The number of hydrogen-bond donors (Lipinski definition) is 5. The first kappa shape index (κ1) is 20.5. The quantitative estimate of drug-likeness (QED) is 0.382. The summed E-state index contributed by atoms with van der Waals surface area (Å²) in [4.78, 5) is 16.6. The molecule has 158 valence electrons. The molecule has 0 spiro atoms. The molecule has 1 saturated heterocycles. The van der Waals surface area contributed by atoms with Crippen molar-refractivity contribution >= 4 is 16.7 Å². The summed E-state index contributed by atoms with van der Waals surface area (Å²) in [6, 6.07) is 7.45. The second-order valence-electron chi connectivity index (χ2n) is 7.24. The molecule has 1 aliphatic heterocycles. The van der Waals surface area contributed by atoms with Crippen molar-refractivity contribution in [1.82, 2.24) is 4.98 Å². The topological polar surface area (TPSA) is 145 Å². The molecule has 4 rings (SSSR count). The van der Waals surface area contributed by atoms with Gasteiger partial charge in [-0.2, -0.15) is 0 Å². The minimum Gasteiger partial charge on any atom is -0.422 e. The van der Waals surface area contributed by atoms with Gasteiger partial charge in [0.2, 0.25) is 0 Å². The molecule has 5 N–H and O–H groups in total. The zero-order chi connectivity index (χ0) is 21.4. The molecule has 3 heterocycles. The van der Waals surface area contributed by atoms with Gasteiger partial charge in [-0.05, 0) is 42.3 Å². The predicted octanol–water partition coefficient (Wildman–Crippen LogP) is 0.375. The number of nitrogens with zero attached hydrogens (tertiary/aromatic N) is 1. The molecule has 2 aromatic heterocycles. The molecule has 9 heteroatoms. The number of pyridine rings is 1. The van der Waals surface area contributed by atoms with Crippen molar-refractivity contribution in [2.75, 3.05) is 11.9 Å². The molecule has 30 heavy (non-hydrogen) atoms. The summed E-state index contributed by atoms with van der Waals surface area (Å²) in [5.74, 6) is 0. The number of fused-ring (bicyclic) bond motifs is 1. The molecule has 1 aliphatic rings. The Hall–Kier alpha value is -2.82. The van der Waals surface area contributed by atoms with Crippen molar-refractivity contribution in [2.24, 2.45) is 0 Å². The Morgan fingerprint density at radius 3 is 2.53 bits per heavy atom. The van der Waals surface area contributed by atoms with Crippen LogP contribution in [-0.2, 0) is 4.74 Å². The van der Waals surface area contributed by atoms with Gasteiger partial charge in [-0.1, -0.05) is 0 Å². The van der Waals surface area contributed by atoms with Crippen LogP contribution in [0.5, 0.6) is 0 Å². The van der Waals surface area contributed by atoms with E-state index in [0.29, 0.717) is 22.4 Å². The summed E-state index contributed by atoms with van der Waals surface area (Å²) >= 11 is 0. The smallest absolute Gasteiger partial charge is 0.344 e. The molecule has 1 fully saturated rings. The minimum absolute atomic E-state index is 0.329. The van der Waals surface area contributed by atoms with Crippen LogP contribution < -0.4 is 10.9 Å². The predicted molar refractivity (Wildman–Crippen MR) is 108 cm³/mol. The van der Waals surface area contributed by atoms with Gasteiger partial charge in [0.25, 0.3) is 0 Å². The molecule has 0 bridgehead atoms. The second kappa shape index (κ2) is 8.13. The maximum absolute atomic E-state index is 12.6. The van der Waals surface area contributed by atoms with Gasteiger partial charge >= 0.3 is 5.63 Å². The Bertz CT molecular complexity index is 1100. The molecule has 0 radical (unpaired) electrons. The summed E-state index contributed by atoms with van der Waals surface area (Å²) in [5, 5.41) is 43.3. The largest absolute Gasteiger partial charge is 0.422 e. The van der Waals surface area contributed by atoms with Crippen LogP contribution in [0.25, 0.3) is 22.1 Å². The van der Waals surface area contributed by atoms with Crippen molar-refractivity contribution in [1.29, 1.82) is 0 Å². The SMILES string of the molecule is Cc1c(-c2ccncc2)c(=O)oc2cc(NC3C(O)OC(CO)[C@@H](O)[C@@H]3O)ccc12. The van der Waals surface area contributed by atoms with Crippen LogP contribution in [0.2, 0.25) is 0 Å². The third kappa shape index (κ3) is 3.57. The number of hydrogen-bond acceptors (Lipinski definition) is 9. The molecule has 0 amide bonds. The standard InChI is InChI=1S/C21H22N2O7/c1-10-13-3-2-12(23-17-19(26)18(25)15(9-24)30-21(17)28)8-14(13)29-20(27)16(10)11-4-6-22-7-5-11/h2-8,15,17-19,21,23-26,28H,9H2,1H3/t15?,17?,18-,19-,21?/m1/s1. The highest BCUT2D eigenvalue weighted by molar-refractivity contribution is 5.88. The number of aliphatic hydroxyl groups is 4. The number of aromatic nitrogens is 1. The molecule has 5 atom stereocenters. The lowest BCUT2D eigenvalue weighted by molar-refractivity contribution is -0.245. The average molecular weight is 414 g/mol. The molecule has 3 unspecified atom stereocenters. The highest BCUT2D eigenvalue weighted by Gasteiger charge is 2.43. The van der Waals surface area contributed by atoms with Gasteiger partial charge in [-0.15, -0.1) is 0 Å². The average Bonchev–Trinajstić information content (AvgIpc) is 2.74. The zero-order valence-electron chi connectivity index (χ0n) is 16.1. The van der Waals surface area contributed by atoms with Crippen LogP contribution >= 0.6 is 0 Å². The lowest BCUT2D eigenvalue weighted by atomic mass is 9.96. The zero-order valence-corrected chi connectivity index (χ0v) is 16.1. The van der Waals surface area contributed by atoms with Crippen molar-refractivity contribution in [2.45, 2.75) is 37.6 Å². The lowest BCUT2D eigenvalue weighted by Gasteiger charge is -2.40. The van der Waals surface area contributed by atoms with Crippen molar-refractivity contribution in [3.63, 3.8) is 0 Å². The number of nitrogens with one attached hydrogen (secondary N) is 1. The van der Waals surface area contributed by atoms with Gasteiger partial charge in [0.05, 0.1) is 12.2 Å². The van der Waals surface area contributed by atoms with Gasteiger partial charge < -0.3 is 34.9 Å². The Morgan fingerprint density at radius 1 is 1.10 bits per heavy atom. The second-order valence-corrected chi connectivity index (χ2v) is 7.24. The first-order chi connectivity index (χ1) is 14.4. The number of aryl methyl sites for hydroxylation is 1. The van der Waals surface area contributed by atoms with Crippen LogP contribution in [0.1, 0.15) is 5.56 Å². The summed E-state index contributed by atoms with van der Waals surface area (Å²) in [6.07, 6.45) is -2.10. The number of anilines is 1. The van der Waals surface area contributed by atoms with E-state index in [2.05, 4.69) is 10.3 Å². The van der Waals surface area contributed by atoms with Crippen molar-refractivity contribution in [3.8, 4) is 11.1 Å². The van der Waals surface area contributed by atoms with E-state index >= 15 is 0 Å². The van der Waals surface area contributed by atoms with Gasteiger partial charge in [0.15, 0.2) is 6.29 Å². The molecule has 3 aromatic rings. The molecule has 0 saturated carbocycles. The van der Waals surface area contributed by atoms with Crippen LogP contribution in [0, 0.1) is 6.92 Å². The Kier molecular flexibility index (Phi) is 5.54. The van der Waals surface area contributed by atoms with Crippen LogP contribution in [0.15, 0.2) is 51.9 Å². The Morgan fingerprint density at radius 2 is 1.83 bits per heavy atom. The van der Waals surface area contributed by atoms with Gasteiger partial charge in [0, 0.05) is 29.5 Å². The van der Waals surface area contributed by atoms with E-state index in [4.69, 9.17) is 9.15 Å². The Balaban J connectivity index is 1.67. The number of aliphatic hydroxyl groups excluding tert-OH is 4.